The zero-order chi connectivity index (χ0) is 24.0. The Hall–Kier alpha value is -2.54. The van der Waals surface area contributed by atoms with Gasteiger partial charge in [-0.3, -0.25) is 4.79 Å². The molecule has 0 spiro atoms. The van der Waals surface area contributed by atoms with Gasteiger partial charge in [-0.15, -0.1) is 0 Å². The van der Waals surface area contributed by atoms with Crippen molar-refractivity contribution in [2.45, 2.75) is 59.2 Å². The molecule has 2 unspecified atom stereocenters. The average Bonchev–Trinajstić information content (AvgIpc) is 3.18. The molecule has 0 bridgehead atoms. The van der Waals surface area contributed by atoms with Gasteiger partial charge >= 0.3 is 0 Å². The van der Waals surface area contributed by atoms with E-state index in [1.165, 1.54) is 5.56 Å². The smallest absolute Gasteiger partial charge is 0.263 e. The van der Waals surface area contributed by atoms with Crippen molar-refractivity contribution in [3.8, 4) is 5.75 Å². The maximum absolute atomic E-state index is 13.4. The fourth-order valence-electron chi connectivity index (χ4n) is 4.30. The van der Waals surface area contributed by atoms with Crippen molar-refractivity contribution in [2.24, 2.45) is 0 Å². The number of hydrogen-bond acceptors (Lipinski definition) is 5. The molecule has 1 amide bonds. The minimum Gasteiger partial charge on any atom is -0.481 e. The summed E-state index contributed by atoms with van der Waals surface area (Å²) in [4.78, 5) is 17.4. The van der Waals surface area contributed by atoms with E-state index in [1.54, 1.807) is 11.8 Å². The molecule has 2 atom stereocenters. The van der Waals surface area contributed by atoms with Gasteiger partial charge in [0, 0.05) is 31.4 Å². The number of anilines is 1. The van der Waals surface area contributed by atoms with Gasteiger partial charge in [0.25, 0.3) is 5.91 Å². The minimum atomic E-state index is -3.12. The number of rotatable bonds is 10. The van der Waals surface area contributed by atoms with Crippen molar-refractivity contribution >= 4 is 21.4 Å². The summed E-state index contributed by atoms with van der Waals surface area (Å²) in [7, 11) is -3.12. The van der Waals surface area contributed by atoms with Crippen LogP contribution in [0.4, 0.5) is 5.69 Å². The zero-order valence-electron chi connectivity index (χ0n) is 20.2. The lowest BCUT2D eigenvalue weighted by atomic mass is 10.1. The largest absolute Gasteiger partial charge is 0.481 e. The molecule has 180 valence electrons. The first-order valence-corrected chi connectivity index (χ1v) is 13.7. The van der Waals surface area contributed by atoms with Crippen LogP contribution in [0.3, 0.4) is 0 Å². The molecule has 33 heavy (non-hydrogen) atoms. The molecule has 0 aromatic heterocycles. The highest BCUT2D eigenvalue weighted by atomic mass is 32.2. The Morgan fingerprint density at radius 2 is 1.61 bits per heavy atom. The number of carbonyl (C=O) groups is 1. The Kier molecular flexibility index (Phi) is 8.40. The number of carbonyl (C=O) groups excluding carboxylic acids is 1. The third kappa shape index (κ3) is 6.50. The van der Waals surface area contributed by atoms with Gasteiger partial charge in [0.1, 0.15) is 5.75 Å². The Morgan fingerprint density at radius 3 is 2.12 bits per heavy atom. The molecule has 1 aliphatic heterocycles. The van der Waals surface area contributed by atoms with Crippen LogP contribution < -0.4 is 9.64 Å². The van der Waals surface area contributed by atoms with Crippen LogP contribution in [0, 0.1) is 0 Å². The normalized spacial score (nSPS) is 18.0. The molecule has 0 saturated carbocycles. The van der Waals surface area contributed by atoms with E-state index in [9.17, 15) is 13.2 Å². The standard InChI is InChI=1S/C26H36N2O4S/c1-5-21-10-14-25(15-11-21)32-20(4)26(29)28(24-16-17-33(30,31)19-24)18-22-8-12-23(13-9-22)27(6-2)7-3/h8-15,20,24H,5-7,16-19H2,1-4H3. The molecule has 3 rings (SSSR count). The number of ether oxygens (including phenoxy) is 1. The zero-order valence-corrected chi connectivity index (χ0v) is 21.0. The summed E-state index contributed by atoms with van der Waals surface area (Å²) in [5.74, 6) is 0.574. The van der Waals surface area contributed by atoms with E-state index in [1.807, 2.05) is 36.4 Å². The van der Waals surface area contributed by atoms with Crippen molar-refractivity contribution in [3.05, 3.63) is 59.7 Å². The monoisotopic (exact) mass is 472 g/mol. The number of amides is 1. The quantitative estimate of drug-likeness (QED) is 0.521. The summed E-state index contributed by atoms with van der Waals surface area (Å²) in [6.45, 7) is 10.3. The molecular weight excluding hydrogens is 436 g/mol. The molecule has 2 aromatic rings. The Bertz CT molecular complexity index is 1020. The van der Waals surface area contributed by atoms with Gasteiger partial charge in [0.2, 0.25) is 0 Å². The van der Waals surface area contributed by atoms with Crippen LogP contribution in [-0.4, -0.2) is 56.0 Å². The highest BCUT2D eigenvalue weighted by Crippen LogP contribution is 2.24. The van der Waals surface area contributed by atoms with Crippen LogP contribution in [0.1, 0.15) is 45.2 Å². The summed E-state index contributed by atoms with van der Waals surface area (Å²) >= 11 is 0. The number of aryl methyl sites for hydroxylation is 1. The molecule has 0 N–H and O–H groups in total. The predicted octanol–water partition coefficient (Wildman–Crippen LogP) is 4.08. The summed E-state index contributed by atoms with van der Waals surface area (Å²) in [6, 6.07) is 15.6. The van der Waals surface area contributed by atoms with Gasteiger partial charge in [-0.25, -0.2) is 8.42 Å². The Labute approximate surface area is 198 Å². The minimum absolute atomic E-state index is 0.00812. The van der Waals surface area contributed by atoms with Crippen LogP contribution in [0.15, 0.2) is 48.5 Å². The summed E-state index contributed by atoms with van der Waals surface area (Å²) in [5.41, 5.74) is 3.31. The molecular formula is C26H36N2O4S. The van der Waals surface area contributed by atoms with Crippen molar-refractivity contribution in [1.82, 2.24) is 4.90 Å². The van der Waals surface area contributed by atoms with E-state index in [4.69, 9.17) is 4.74 Å². The Balaban J connectivity index is 1.77. The van der Waals surface area contributed by atoms with E-state index >= 15 is 0 Å². The lowest BCUT2D eigenvalue weighted by Crippen LogP contribution is -2.46. The summed E-state index contributed by atoms with van der Waals surface area (Å²) < 4.78 is 30.2. The third-order valence-electron chi connectivity index (χ3n) is 6.34. The van der Waals surface area contributed by atoms with Crippen LogP contribution in [0.2, 0.25) is 0 Å². The van der Waals surface area contributed by atoms with Gasteiger partial charge in [-0.05, 0) is 69.0 Å². The Morgan fingerprint density at radius 1 is 1.00 bits per heavy atom. The van der Waals surface area contributed by atoms with Crippen LogP contribution in [0.5, 0.6) is 5.75 Å². The fraction of sp³-hybridized carbons (Fsp3) is 0.500. The molecule has 1 heterocycles. The summed E-state index contributed by atoms with van der Waals surface area (Å²) in [6.07, 6.45) is 0.686. The lowest BCUT2D eigenvalue weighted by molar-refractivity contribution is -0.140. The van der Waals surface area contributed by atoms with Gasteiger partial charge < -0.3 is 14.5 Å². The van der Waals surface area contributed by atoms with Crippen molar-refractivity contribution in [1.29, 1.82) is 0 Å². The second-order valence-corrected chi connectivity index (χ2v) is 10.8. The highest BCUT2D eigenvalue weighted by molar-refractivity contribution is 7.91. The number of nitrogens with zero attached hydrogens (tertiary/aromatic N) is 2. The maximum Gasteiger partial charge on any atom is 0.263 e. The number of sulfone groups is 1. The number of hydrogen-bond donors (Lipinski definition) is 0. The molecule has 0 aliphatic carbocycles. The van der Waals surface area contributed by atoms with Gasteiger partial charge in [-0.2, -0.15) is 0 Å². The second kappa shape index (κ2) is 11.1. The van der Waals surface area contributed by atoms with Crippen LogP contribution >= 0.6 is 0 Å². The van der Waals surface area contributed by atoms with E-state index in [0.717, 1.165) is 30.8 Å². The topological polar surface area (TPSA) is 66.9 Å². The van der Waals surface area contributed by atoms with Crippen molar-refractivity contribution in [2.75, 3.05) is 29.5 Å². The lowest BCUT2D eigenvalue weighted by Gasteiger charge is -2.31. The van der Waals surface area contributed by atoms with Crippen molar-refractivity contribution < 1.29 is 17.9 Å². The molecule has 7 heteroatoms. The van der Waals surface area contributed by atoms with Gasteiger partial charge in [0.15, 0.2) is 15.9 Å². The number of benzene rings is 2. The molecule has 1 aliphatic rings. The van der Waals surface area contributed by atoms with E-state index in [2.05, 4.69) is 37.8 Å². The maximum atomic E-state index is 13.4. The average molecular weight is 473 g/mol. The first-order chi connectivity index (χ1) is 15.8. The molecule has 1 saturated heterocycles. The second-order valence-electron chi connectivity index (χ2n) is 8.62. The van der Waals surface area contributed by atoms with Crippen LogP contribution in [-0.2, 0) is 27.6 Å². The molecule has 2 aromatic carbocycles. The molecule has 6 nitrogen and oxygen atoms in total. The van der Waals surface area contributed by atoms with Gasteiger partial charge in [0.05, 0.1) is 11.5 Å². The SMILES string of the molecule is CCc1ccc(OC(C)C(=O)N(Cc2ccc(N(CC)CC)cc2)C2CCS(=O)(=O)C2)cc1. The fourth-order valence-corrected chi connectivity index (χ4v) is 6.03. The first-order valence-electron chi connectivity index (χ1n) is 11.9. The van der Waals surface area contributed by atoms with Gasteiger partial charge in [-0.1, -0.05) is 31.2 Å². The highest BCUT2D eigenvalue weighted by Gasteiger charge is 2.36. The molecule has 1 fully saturated rings. The van der Waals surface area contributed by atoms with E-state index in [-0.39, 0.29) is 23.5 Å². The molecule has 0 radical (unpaired) electrons. The van der Waals surface area contributed by atoms with Crippen LogP contribution in [0.25, 0.3) is 0 Å². The van der Waals surface area contributed by atoms with Crippen molar-refractivity contribution in [3.63, 3.8) is 0 Å². The first kappa shape index (κ1) is 25.1. The predicted molar refractivity (Wildman–Crippen MR) is 134 cm³/mol. The van der Waals surface area contributed by atoms with E-state index in [0.29, 0.717) is 18.7 Å². The summed E-state index contributed by atoms with van der Waals surface area (Å²) in [5, 5.41) is 0. The van der Waals surface area contributed by atoms with E-state index < -0.39 is 15.9 Å². The third-order valence-corrected chi connectivity index (χ3v) is 8.09.